The topological polar surface area (TPSA) is 99.8 Å². The predicted molar refractivity (Wildman–Crippen MR) is 114 cm³/mol. The quantitative estimate of drug-likeness (QED) is 0.638. The molecule has 8 nitrogen and oxygen atoms in total. The zero-order valence-electron chi connectivity index (χ0n) is 17.2. The fourth-order valence-electron chi connectivity index (χ4n) is 3.32. The number of likely N-dealkylation sites (tertiary alicyclic amines) is 1. The summed E-state index contributed by atoms with van der Waals surface area (Å²) in [6.45, 7) is 1.43. The number of nitrogens with one attached hydrogen (secondary N) is 3. The minimum Gasteiger partial charge on any atom is -0.495 e. The van der Waals surface area contributed by atoms with Gasteiger partial charge in [-0.15, -0.1) is 0 Å². The number of ether oxygens (including phenoxy) is 1. The third-order valence-corrected chi connectivity index (χ3v) is 5.11. The van der Waals surface area contributed by atoms with Crippen molar-refractivity contribution in [2.75, 3.05) is 37.4 Å². The second-order valence-electron chi connectivity index (χ2n) is 7.23. The van der Waals surface area contributed by atoms with Crippen molar-refractivity contribution in [2.45, 2.75) is 12.8 Å². The Morgan fingerprint density at radius 3 is 2.35 bits per heavy atom. The molecule has 164 valence electrons. The van der Waals surface area contributed by atoms with Crippen LogP contribution in [0.5, 0.6) is 5.75 Å². The Hall–Kier alpha value is -3.62. The highest BCUT2D eigenvalue weighted by Crippen LogP contribution is 2.24. The first-order valence-electron chi connectivity index (χ1n) is 10.00. The number of carbonyl (C=O) groups is 3. The number of nitrogens with zero attached hydrogens (tertiary/aromatic N) is 1. The molecule has 0 atom stereocenters. The van der Waals surface area contributed by atoms with Gasteiger partial charge in [0, 0.05) is 25.3 Å². The summed E-state index contributed by atoms with van der Waals surface area (Å²) in [5.74, 6) is -1.23. The van der Waals surface area contributed by atoms with Crippen LogP contribution in [0.4, 0.5) is 20.6 Å². The van der Waals surface area contributed by atoms with E-state index in [0.29, 0.717) is 49.6 Å². The van der Waals surface area contributed by atoms with Crippen molar-refractivity contribution in [1.82, 2.24) is 10.2 Å². The van der Waals surface area contributed by atoms with Crippen LogP contribution in [0, 0.1) is 11.7 Å². The Morgan fingerprint density at radius 1 is 1.00 bits per heavy atom. The molecular weight excluding hydrogens is 403 g/mol. The molecule has 3 N–H and O–H groups in total. The minimum absolute atomic E-state index is 0.165. The van der Waals surface area contributed by atoms with Crippen LogP contribution in [0.3, 0.4) is 0 Å². The smallest absolute Gasteiger partial charge is 0.321 e. The molecule has 0 radical (unpaired) electrons. The molecule has 4 amide bonds. The normalized spacial score (nSPS) is 13.9. The second kappa shape index (κ2) is 10.4. The first kappa shape index (κ1) is 22.1. The van der Waals surface area contributed by atoms with Crippen molar-refractivity contribution in [3.8, 4) is 5.75 Å². The van der Waals surface area contributed by atoms with E-state index in [1.807, 2.05) is 12.1 Å². The van der Waals surface area contributed by atoms with Crippen LogP contribution in [0.2, 0.25) is 0 Å². The molecule has 0 bridgehead atoms. The number of hydrogen-bond acceptors (Lipinski definition) is 4. The van der Waals surface area contributed by atoms with Gasteiger partial charge in [-0.1, -0.05) is 12.1 Å². The Balaban J connectivity index is 1.40. The second-order valence-corrected chi connectivity index (χ2v) is 7.23. The van der Waals surface area contributed by atoms with Crippen molar-refractivity contribution in [2.24, 2.45) is 5.92 Å². The molecule has 1 aliphatic rings. The number of halogens is 1. The van der Waals surface area contributed by atoms with Crippen LogP contribution in [-0.4, -0.2) is 49.5 Å². The van der Waals surface area contributed by atoms with Crippen LogP contribution in [0.15, 0.2) is 48.5 Å². The molecule has 0 aromatic heterocycles. The van der Waals surface area contributed by atoms with Gasteiger partial charge in [-0.25, -0.2) is 9.18 Å². The van der Waals surface area contributed by atoms with Crippen LogP contribution in [0.25, 0.3) is 0 Å². The van der Waals surface area contributed by atoms with E-state index in [1.165, 1.54) is 24.3 Å². The fourth-order valence-corrected chi connectivity index (χ4v) is 3.32. The standard InChI is InChI=1S/C22H25FN4O4/c1-31-19-5-3-2-4-18(19)26-22(30)27-12-10-15(11-13-27)14-24-20(28)21(29)25-17-8-6-16(23)7-9-17/h2-9,15H,10-14H2,1H3,(H,24,28)(H,25,29)(H,26,30). The average Bonchev–Trinajstić information content (AvgIpc) is 2.79. The number of methoxy groups -OCH3 is 1. The van der Waals surface area contributed by atoms with Gasteiger partial charge in [0.2, 0.25) is 0 Å². The number of para-hydroxylation sites is 2. The van der Waals surface area contributed by atoms with E-state index in [-0.39, 0.29) is 11.9 Å². The zero-order valence-corrected chi connectivity index (χ0v) is 17.2. The third kappa shape index (κ3) is 6.18. The van der Waals surface area contributed by atoms with Crippen LogP contribution < -0.4 is 20.7 Å². The SMILES string of the molecule is COc1ccccc1NC(=O)N1CCC(CNC(=O)C(=O)Nc2ccc(F)cc2)CC1. The van der Waals surface area contributed by atoms with Crippen LogP contribution >= 0.6 is 0 Å². The van der Waals surface area contributed by atoms with Gasteiger partial charge in [0.25, 0.3) is 0 Å². The molecule has 3 rings (SSSR count). The molecule has 1 fully saturated rings. The van der Waals surface area contributed by atoms with Gasteiger partial charge in [0.1, 0.15) is 11.6 Å². The monoisotopic (exact) mass is 428 g/mol. The number of rotatable bonds is 5. The van der Waals surface area contributed by atoms with Gasteiger partial charge in [-0.3, -0.25) is 9.59 Å². The first-order valence-corrected chi connectivity index (χ1v) is 10.00. The summed E-state index contributed by atoms with van der Waals surface area (Å²) in [6.07, 6.45) is 1.42. The summed E-state index contributed by atoms with van der Waals surface area (Å²) in [4.78, 5) is 38.2. The lowest BCUT2D eigenvalue weighted by molar-refractivity contribution is -0.136. The largest absolute Gasteiger partial charge is 0.495 e. The van der Waals surface area contributed by atoms with Gasteiger partial charge >= 0.3 is 17.8 Å². The summed E-state index contributed by atoms with van der Waals surface area (Å²) in [6, 6.07) is 12.2. The van der Waals surface area contributed by atoms with Gasteiger partial charge in [-0.2, -0.15) is 0 Å². The molecule has 2 aromatic carbocycles. The maximum absolute atomic E-state index is 12.9. The maximum atomic E-state index is 12.9. The number of piperidine rings is 1. The number of benzene rings is 2. The van der Waals surface area contributed by atoms with E-state index in [0.717, 1.165) is 0 Å². The van der Waals surface area contributed by atoms with E-state index < -0.39 is 17.6 Å². The van der Waals surface area contributed by atoms with Gasteiger partial charge in [0.15, 0.2) is 0 Å². The Labute approximate surface area is 179 Å². The lowest BCUT2D eigenvalue weighted by Crippen LogP contribution is -2.44. The van der Waals surface area contributed by atoms with Crippen molar-refractivity contribution in [3.05, 3.63) is 54.3 Å². The molecule has 0 spiro atoms. The molecule has 1 aliphatic heterocycles. The Bertz CT molecular complexity index is 927. The highest BCUT2D eigenvalue weighted by molar-refractivity contribution is 6.39. The van der Waals surface area contributed by atoms with E-state index in [4.69, 9.17) is 4.74 Å². The Morgan fingerprint density at radius 2 is 1.68 bits per heavy atom. The number of urea groups is 1. The fraction of sp³-hybridized carbons (Fsp3) is 0.318. The molecule has 9 heteroatoms. The van der Waals surface area contributed by atoms with E-state index in [2.05, 4.69) is 16.0 Å². The summed E-state index contributed by atoms with van der Waals surface area (Å²) < 4.78 is 18.1. The molecule has 2 aromatic rings. The molecular formula is C22H25FN4O4. The minimum atomic E-state index is -0.805. The number of hydrogen-bond donors (Lipinski definition) is 3. The number of amides is 4. The lowest BCUT2D eigenvalue weighted by atomic mass is 9.97. The van der Waals surface area contributed by atoms with E-state index in [1.54, 1.807) is 24.1 Å². The van der Waals surface area contributed by atoms with Gasteiger partial charge in [-0.05, 0) is 55.2 Å². The molecule has 1 saturated heterocycles. The van der Waals surface area contributed by atoms with Crippen molar-refractivity contribution < 1.29 is 23.5 Å². The molecule has 0 unspecified atom stereocenters. The number of anilines is 2. The third-order valence-electron chi connectivity index (χ3n) is 5.11. The molecule has 31 heavy (non-hydrogen) atoms. The first-order chi connectivity index (χ1) is 15.0. The number of carbonyl (C=O) groups excluding carboxylic acids is 3. The summed E-state index contributed by atoms with van der Waals surface area (Å²) >= 11 is 0. The zero-order chi connectivity index (χ0) is 22.2. The highest BCUT2D eigenvalue weighted by Gasteiger charge is 2.24. The Kier molecular flexibility index (Phi) is 7.42. The maximum Gasteiger partial charge on any atom is 0.321 e. The van der Waals surface area contributed by atoms with Gasteiger partial charge in [0.05, 0.1) is 12.8 Å². The summed E-state index contributed by atoms with van der Waals surface area (Å²) in [5, 5.41) is 7.90. The highest BCUT2D eigenvalue weighted by atomic mass is 19.1. The lowest BCUT2D eigenvalue weighted by Gasteiger charge is -2.32. The average molecular weight is 428 g/mol. The van der Waals surface area contributed by atoms with E-state index in [9.17, 15) is 18.8 Å². The summed E-state index contributed by atoms with van der Waals surface area (Å²) in [7, 11) is 1.55. The van der Waals surface area contributed by atoms with Gasteiger partial charge < -0.3 is 25.6 Å². The summed E-state index contributed by atoms with van der Waals surface area (Å²) in [5.41, 5.74) is 0.951. The van der Waals surface area contributed by atoms with Crippen LogP contribution in [-0.2, 0) is 9.59 Å². The predicted octanol–water partition coefficient (Wildman–Crippen LogP) is 2.83. The van der Waals surface area contributed by atoms with Crippen molar-refractivity contribution in [3.63, 3.8) is 0 Å². The van der Waals surface area contributed by atoms with Crippen molar-refractivity contribution in [1.29, 1.82) is 0 Å². The van der Waals surface area contributed by atoms with E-state index >= 15 is 0 Å². The van der Waals surface area contributed by atoms with Crippen LogP contribution in [0.1, 0.15) is 12.8 Å². The molecule has 0 aliphatic carbocycles. The molecule has 1 heterocycles. The molecule has 0 saturated carbocycles. The van der Waals surface area contributed by atoms with Crippen molar-refractivity contribution >= 4 is 29.2 Å².